The number of aliphatic hydroxyl groups is 2. The maximum atomic E-state index is 10.2. The third kappa shape index (κ3) is 2.95. The van der Waals surface area contributed by atoms with E-state index in [2.05, 4.69) is 23.3 Å². The molecule has 1 saturated carbocycles. The van der Waals surface area contributed by atoms with Gasteiger partial charge in [-0.05, 0) is 48.9 Å². The number of thiophene rings is 1. The monoisotopic (exact) mass is 413 g/mol. The summed E-state index contributed by atoms with van der Waals surface area (Å²) in [5.74, 6) is 0.508. The molecule has 6 nitrogen and oxygen atoms in total. The number of aromatic nitrogens is 3. The maximum Gasteiger partial charge on any atom is 0.157 e. The van der Waals surface area contributed by atoms with Gasteiger partial charge < -0.3 is 15.5 Å². The molecule has 1 fully saturated rings. The van der Waals surface area contributed by atoms with Crippen LogP contribution in [0.5, 0.6) is 0 Å². The Balaban J connectivity index is 1.52. The van der Waals surface area contributed by atoms with Crippen molar-refractivity contribution in [1.82, 2.24) is 14.6 Å². The van der Waals surface area contributed by atoms with Crippen molar-refractivity contribution in [3.8, 4) is 10.6 Å². The largest absolute Gasteiger partial charge is 0.390 e. The SMILES string of the molecule is [CH2][C@@H]1C[C@@H](Nc2ccnc3cc(-c4cc5ccc(Cl)cc5s4)nn23)[C@H](O)[C@@H]1O. The van der Waals surface area contributed by atoms with Crippen LogP contribution in [0.3, 0.4) is 0 Å². The summed E-state index contributed by atoms with van der Waals surface area (Å²) in [6.07, 6.45) is 0.589. The molecule has 0 unspecified atom stereocenters. The number of aliphatic hydroxyl groups excluding tert-OH is 2. The lowest BCUT2D eigenvalue weighted by molar-refractivity contribution is 0.0256. The Labute approximate surface area is 170 Å². The van der Waals surface area contributed by atoms with Crippen LogP contribution in [-0.4, -0.2) is 43.1 Å². The maximum absolute atomic E-state index is 10.2. The van der Waals surface area contributed by atoms with Crippen molar-refractivity contribution in [2.45, 2.75) is 24.7 Å². The van der Waals surface area contributed by atoms with E-state index < -0.39 is 12.2 Å². The first-order valence-electron chi connectivity index (χ1n) is 8.99. The minimum Gasteiger partial charge on any atom is -0.390 e. The molecule has 1 aliphatic carbocycles. The van der Waals surface area contributed by atoms with Gasteiger partial charge in [-0.15, -0.1) is 11.3 Å². The molecule has 143 valence electrons. The highest BCUT2D eigenvalue weighted by Gasteiger charge is 2.39. The number of rotatable bonds is 3. The Morgan fingerprint density at radius 1 is 1.18 bits per heavy atom. The van der Waals surface area contributed by atoms with E-state index >= 15 is 0 Å². The highest BCUT2D eigenvalue weighted by atomic mass is 35.5. The van der Waals surface area contributed by atoms with Crippen LogP contribution in [0, 0.1) is 12.8 Å². The average molecular weight is 414 g/mol. The zero-order valence-corrected chi connectivity index (χ0v) is 16.4. The molecule has 5 rings (SSSR count). The van der Waals surface area contributed by atoms with Crippen molar-refractivity contribution in [3.05, 3.63) is 54.5 Å². The summed E-state index contributed by atoms with van der Waals surface area (Å²) in [5.41, 5.74) is 1.52. The first-order chi connectivity index (χ1) is 13.5. The second-order valence-corrected chi connectivity index (χ2v) is 8.67. The van der Waals surface area contributed by atoms with Gasteiger partial charge in [0, 0.05) is 22.0 Å². The molecule has 3 N–H and O–H groups in total. The smallest absolute Gasteiger partial charge is 0.157 e. The van der Waals surface area contributed by atoms with Crippen LogP contribution in [0.4, 0.5) is 5.82 Å². The predicted molar refractivity (Wildman–Crippen MR) is 112 cm³/mol. The second kappa shape index (κ2) is 6.70. The number of fused-ring (bicyclic) bond motifs is 2. The fourth-order valence-corrected chi connectivity index (χ4v) is 5.01. The molecule has 3 aromatic heterocycles. The minimum absolute atomic E-state index is 0.205. The Morgan fingerprint density at radius 3 is 2.82 bits per heavy atom. The predicted octanol–water partition coefficient (Wildman–Crippen LogP) is 3.62. The van der Waals surface area contributed by atoms with Crippen LogP contribution in [0.25, 0.3) is 26.3 Å². The van der Waals surface area contributed by atoms with Crippen LogP contribution in [0.1, 0.15) is 6.42 Å². The van der Waals surface area contributed by atoms with Crippen LogP contribution in [-0.2, 0) is 0 Å². The zero-order valence-electron chi connectivity index (χ0n) is 14.8. The average Bonchev–Trinajstić information content (AvgIpc) is 3.35. The molecule has 1 radical (unpaired) electrons. The molecule has 0 spiro atoms. The van der Waals surface area contributed by atoms with E-state index in [0.29, 0.717) is 22.9 Å². The number of halogens is 1. The number of hydrogen-bond donors (Lipinski definition) is 3. The van der Waals surface area contributed by atoms with Gasteiger partial charge >= 0.3 is 0 Å². The lowest BCUT2D eigenvalue weighted by Gasteiger charge is -2.19. The van der Waals surface area contributed by atoms with Gasteiger partial charge in [-0.3, -0.25) is 0 Å². The molecule has 0 bridgehead atoms. The van der Waals surface area contributed by atoms with Crippen molar-refractivity contribution in [2.24, 2.45) is 5.92 Å². The van der Waals surface area contributed by atoms with Crippen molar-refractivity contribution < 1.29 is 10.2 Å². The molecular weight excluding hydrogens is 396 g/mol. The highest BCUT2D eigenvalue weighted by molar-refractivity contribution is 7.22. The third-order valence-electron chi connectivity index (χ3n) is 5.23. The van der Waals surface area contributed by atoms with Crippen molar-refractivity contribution in [2.75, 3.05) is 5.32 Å². The van der Waals surface area contributed by atoms with Gasteiger partial charge in [0.1, 0.15) is 17.6 Å². The van der Waals surface area contributed by atoms with E-state index in [4.69, 9.17) is 16.7 Å². The third-order valence-corrected chi connectivity index (χ3v) is 6.58. The molecule has 0 aliphatic heterocycles. The number of nitrogens with zero attached hydrogens (tertiary/aromatic N) is 3. The van der Waals surface area contributed by atoms with Gasteiger partial charge in [0.25, 0.3) is 0 Å². The summed E-state index contributed by atoms with van der Waals surface area (Å²) in [6.45, 7) is 3.90. The number of hydrogen-bond acceptors (Lipinski definition) is 6. The van der Waals surface area contributed by atoms with Crippen molar-refractivity contribution >= 4 is 44.5 Å². The van der Waals surface area contributed by atoms with Crippen LogP contribution >= 0.6 is 22.9 Å². The molecular formula is C20H18ClN4O2S. The minimum atomic E-state index is -0.868. The number of anilines is 1. The second-order valence-electron chi connectivity index (χ2n) is 7.15. The van der Waals surface area contributed by atoms with E-state index in [1.165, 1.54) is 0 Å². The molecule has 0 saturated heterocycles. The molecule has 4 atom stereocenters. The summed E-state index contributed by atoms with van der Waals surface area (Å²) < 4.78 is 2.83. The van der Waals surface area contributed by atoms with Crippen LogP contribution in [0.15, 0.2) is 42.6 Å². The molecule has 4 aromatic rings. The lowest BCUT2D eigenvalue weighted by atomic mass is 10.1. The van der Waals surface area contributed by atoms with E-state index in [9.17, 15) is 10.2 Å². The van der Waals surface area contributed by atoms with Crippen molar-refractivity contribution in [1.29, 1.82) is 0 Å². The van der Waals surface area contributed by atoms with Gasteiger partial charge in [-0.1, -0.05) is 17.7 Å². The Kier molecular flexibility index (Phi) is 4.28. The fourth-order valence-electron chi connectivity index (χ4n) is 3.71. The normalized spacial score (nSPS) is 25.0. The lowest BCUT2D eigenvalue weighted by Crippen LogP contribution is -2.35. The van der Waals surface area contributed by atoms with Crippen LogP contribution in [0.2, 0.25) is 5.02 Å². The Hall–Kier alpha value is -2.19. The fraction of sp³-hybridized carbons (Fsp3) is 0.250. The quantitative estimate of drug-likeness (QED) is 0.478. The van der Waals surface area contributed by atoms with Gasteiger partial charge in [-0.25, -0.2) is 4.98 Å². The van der Waals surface area contributed by atoms with E-state index in [0.717, 1.165) is 20.7 Å². The number of benzene rings is 1. The molecule has 0 amide bonds. The summed E-state index contributed by atoms with van der Waals surface area (Å²) >= 11 is 7.73. The van der Waals surface area contributed by atoms with Crippen molar-refractivity contribution in [3.63, 3.8) is 0 Å². The summed E-state index contributed by atoms with van der Waals surface area (Å²) in [7, 11) is 0. The topological polar surface area (TPSA) is 82.7 Å². The molecule has 3 heterocycles. The summed E-state index contributed by atoms with van der Waals surface area (Å²) in [4.78, 5) is 5.43. The van der Waals surface area contributed by atoms with E-state index in [1.807, 2.05) is 30.3 Å². The van der Waals surface area contributed by atoms with Gasteiger partial charge in [0.2, 0.25) is 0 Å². The molecule has 8 heteroatoms. The first-order valence-corrected chi connectivity index (χ1v) is 10.2. The van der Waals surface area contributed by atoms with Gasteiger partial charge in [0.05, 0.1) is 17.0 Å². The first kappa shape index (κ1) is 17.9. The molecule has 1 aliphatic rings. The van der Waals surface area contributed by atoms with E-state index in [1.54, 1.807) is 22.0 Å². The Bertz CT molecular complexity index is 1170. The van der Waals surface area contributed by atoms with E-state index in [-0.39, 0.29) is 12.0 Å². The zero-order chi connectivity index (χ0) is 19.4. The highest BCUT2D eigenvalue weighted by Crippen LogP contribution is 2.35. The summed E-state index contributed by atoms with van der Waals surface area (Å²) in [5, 5.41) is 30.1. The Morgan fingerprint density at radius 2 is 2.04 bits per heavy atom. The standard InChI is InChI=1S/C20H18ClN4O2S/c1-10-6-14(20(27)19(10)26)23-17-4-5-22-18-9-13(24-25(17)18)16-7-11-2-3-12(21)8-15(11)28-16/h2-5,7-10,14,19-20,23,26-27H,1,6H2/t10-,14-,19-,20+/m1/s1. The van der Waals surface area contributed by atoms with Crippen LogP contribution < -0.4 is 5.32 Å². The molecule has 1 aromatic carbocycles. The van der Waals surface area contributed by atoms with Gasteiger partial charge in [-0.2, -0.15) is 9.61 Å². The van der Waals surface area contributed by atoms with Gasteiger partial charge in [0.15, 0.2) is 5.65 Å². The number of nitrogens with one attached hydrogen (secondary N) is 1. The molecule has 28 heavy (non-hydrogen) atoms. The summed E-state index contributed by atoms with van der Waals surface area (Å²) in [6, 6.07) is 11.4.